The number of allylic oxidation sites excluding steroid dienone is 1. The molecule has 0 radical (unpaired) electrons. The number of anilines is 2. The van der Waals surface area contributed by atoms with E-state index in [4.69, 9.17) is 11.5 Å². The molecule has 2 heterocycles. The SMILES string of the molecule is C/C(=C\c1c(-c2[nH]ncc2N)c[nH]c1N)C(F)(F)F. The van der Waals surface area contributed by atoms with Gasteiger partial charge in [0.05, 0.1) is 17.6 Å². The van der Waals surface area contributed by atoms with Gasteiger partial charge in [-0.05, 0) is 13.0 Å². The number of hydrogen-bond acceptors (Lipinski definition) is 3. The fourth-order valence-corrected chi connectivity index (χ4v) is 1.62. The van der Waals surface area contributed by atoms with Crippen LogP contribution in [0.1, 0.15) is 12.5 Å². The number of aromatic nitrogens is 3. The molecule has 0 spiro atoms. The number of rotatable bonds is 2. The summed E-state index contributed by atoms with van der Waals surface area (Å²) in [4.78, 5) is 2.67. The summed E-state index contributed by atoms with van der Waals surface area (Å²) < 4.78 is 37.7. The van der Waals surface area contributed by atoms with Crippen molar-refractivity contribution in [3.63, 3.8) is 0 Å². The Balaban J connectivity index is 2.54. The number of alkyl halides is 3. The molecule has 0 atom stereocenters. The summed E-state index contributed by atoms with van der Waals surface area (Å²) in [5, 5.41) is 6.36. The summed E-state index contributed by atoms with van der Waals surface area (Å²) in [5.74, 6) is 0.132. The lowest BCUT2D eigenvalue weighted by Gasteiger charge is -2.07. The van der Waals surface area contributed by atoms with Gasteiger partial charge in [-0.2, -0.15) is 18.3 Å². The maximum atomic E-state index is 12.6. The van der Waals surface area contributed by atoms with E-state index in [-0.39, 0.29) is 11.4 Å². The van der Waals surface area contributed by atoms with Gasteiger partial charge in [0.2, 0.25) is 0 Å². The molecule has 0 saturated heterocycles. The van der Waals surface area contributed by atoms with Crippen molar-refractivity contribution < 1.29 is 13.2 Å². The van der Waals surface area contributed by atoms with Crippen molar-refractivity contribution in [3.05, 3.63) is 23.5 Å². The second-order valence-corrected chi connectivity index (χ2v) is 4.06. The maximum absolute atomic E-state index is 12.6. The highest BCUT2D eigenvalue weighted by Crippen LogP contribution is 2.34. The Hall–Kier alpha value is -2.38. The lowest BCUT2D eigenvalue weighted by Crippen LogP contribution is -2.08. The molecule has 0 aliphatic carbocycles. The molecule has 0 aliphatic heterocycles. The highest BCUT2D eigenvalue weighted by atomic mass is 19.4. The number of aromatic amines is 2. The van der Waals surface area contributed by atoms with E-state index in [1.54, 1.807) is 0 Å². The average molecular weight is 271 g/mol. The average Bonchev–Trinajstić information content (AvgIpc) is 2.85. The first-order chi connectivity index (χ1) is 8.80. The van der Waals surface area contributed by atoms with Crippen LogP contribution in [0.5, 0.6) is 0 Å². The van der Waals surface area contributed by atoms with Gasteiger partial charge in [0, 0.05) is 22.9 Å². The lowest BCUT2D eigenvalue weighted by atomic mass is 10.1. The summed E-state index contributed by atoms with van der Waals surface area (Å²) in [6.45, 7) is 0.979. The molecule has 0 fully saturated rings. The Morgan fingerprint density at radius 1 is 1.37 bits per heavy atom. The normalized spacial score (nSPS) is 12.9. The van der Waals surface area contributed by atoms with Crippen LogP contribution in [0.15, 0.2) is 18.0 Å². The molecule has 2 aromatic heterocycles. The predicted molar refractivity (Wildman–Crippen MR) is 66.9 cm³/mol. The van der Waals surface area contributed by atoms with Crippen molar-refractivity contribution in [3.8, 4) is 11.3 Å². The van der Waals surface area contributed by atoms with Gasteiger partial charge in [0.15, 0.2) is 0 Å². The van der Waals surface area contributed by atoms with Crippen LogP contribution in [-0.4, -0.2) is 21.4 Å². The number of halogens is 3. The number of nitrogen functional groups attached to an aromatic ring is 2. The topological polar surface area (TPSA) is 96.5 Å². The maximum Gasteiger partial charge on any atom is 0.412 e. The number of hydrogen-bond donors (Lipinski definition) is 4. The van der Waals surface area contributed by atoms with Crippen LogP contribution in [0.2, 0.25) is 0 Å². The Kier molecular flexibility index (Phi) is 3.01. The number of nitrogens with one attached hydrogen (secondary N) is 2. The number of nitrogens with two attached hydrogens (primary N) is 2. The van der Waals surface area contributed by atoms with Crippen LogP contribution in [0.25, 0.3) is 17.3 Å². The second kappa shape index (κ2) is 4.38. The molecular weight excluding hydrogens is 259 g/mol. The zero-order valence-corrected chi connectivity index (χ0v) is 9.97. The van der Waals surface area contributed by atoms with Gasteiger partial charge in [0.1, 0.15) is 5.82 Å². The Labute approximate surface area is 106 Å². The minimum atomic E-state index is -4.40. The van der Waals surface area contributed by atoms with E-state index in [2.05, 4.69) is 15.2 Å². The van der Waals surface area contributed by atoms with Gasteiger partial charge in [-0.3, -0.25) is 5.10 Å². The summed E-state index contributed by atoms with van der Waals surface area (Å²) in [7, 11) is 0. The molecule has 0 saturated carbocycles. The molecule has 6 N–H and O–H groups in total. The first-order valence-electron chi connectivity index (χ1n) is 5.32. The number of H-pyrrole nitrogens is 2. The first kappa shape index (κ1) is 13.1. The van der Waals surface area contributed by atoms with Crippen LogP contribution in [0, 0.1) is 0 Å². The van der Waals surface area contributed by atoms with Crippen LogP contribution in [-0.2, 0) is 0 Å². The van der Waals surface area contributed by atoms with Gasteiger partial charge in [0.25, 0.3) is 0 Å². The molecular formula is C11H12F3N5. The molecule has 8 heteroatoms. The highest BCUT2D eigenvalue weighted by molar-refractivity contribution is 5.84. The third kappa shape index (κ3) is 2.42. The van der Waals surface area contributed by atoms with Gasteiger partial charge >= 0.3 is 6.18 Å². The lowest BCUT2D eigenvalue weighted by molar-refractivity contribution is -0.0903. The van der Waals surface area contributed by atoms with E-state index >= 15 is 0 Å². The quantitative estimate of drug-likeness (QED) is 0.675. The minimum absolute atomic E-state index is 0.132. The summed E-state index contributed by atoms with van der Waals surface area (Å²) in [6, 6.07) is 0. The Morgan fingerprint density at radius 3 is 2.58 bits per heavy atom. The van der Waals surface area contributed by atoms with E-state index in [0.29, 0.717) is 16.9 Å². The van der Waals surface area contributed by atoms with Gasteiger partial charge in [-0.1, -0.05) is 0 Å². The summed E-state index contributed by atoms with van der Waals surface area (Å²) in [6.07, 6.45) is -0.570. The van der Waals surface area contributed by atoms with Crippen LogP contribution < -0.4 is 11.5 Å². The van der Waals surface area contributed by atoms with Crippen molar-refractivity contribution in [1.29, 1.82) is 0 Å². The highest BCUT2D eigenvalue weighted by Gasteiger charge is 2.30. The largest absolute Gasteiger partial charge is 0.412 e. The van der Waals surface area contributed by atoms with Crippen molar-refractivity contribution in [2.24, 2.45) is 0 Å². The third-order valence-corrected chi connectivity index (χ3v) is 2.70. The molecule has 0 unspecified atom stereocenters. The van der Waals surface area contributed by atoms with Gasteiger partial charge in [-0.25, -0.2) is 0 Å². The standard InChI is InChI=1S/C11H12F3N5/c1-5(11(12,13)14)2-6-7(3-17-10(6)16)9-8(15)4-18-19-9/h2-4,17H,15-16H2,1H3,(H,18,19)/b5-2+. The minimum Gasteiger partial charge on any atom is -0.396 e. The third-order valence-electron chi connectivity index (χ3n) is 2.70. The fraction of sp³-hybridized carbons (Fsp3) is 0.182. The molecule has 0 amide bonds. The Morgan fingerprint density at radius 2 is 2.05 bits per heavy atom. The monoisotopic (exact) mass is 271 g/mol. The van der Waals surface area contributed by atoms with Crippen molar-refractivity contribution in [2.45, 2.75) is 13.1 Å². The van der Waals surface area contributed by atoms with Crippen LogP contribution in [0.3, 0.4) is 0 Å². The predicted octanol–water partition coefficient (Wildman–Crippen LogP) is 2.53. The fourth-order valence-electron chi connectivity index (χ4n) is 1.62. The van der Waals surface area contributed by atoms with Crippen LogP contribution >= 0.6 is 0 Å². The summed E-state index contributed by atoms with van der Waals surface area (Å²) in [5.41, 5.74) is 12.0. The van der Waals surface area contributed by atoms with E-state index in [9.17, 15) is 13.2 Å². The van der Waals surface area contributed by atoms with E-state index in [1.807, 2.05) is 0 Å². The van der Waals surface area contributed by atoms with Crippen molar-refractivity contribution >= 4 is 17.6 Å². The molecule has 2 aromatic rings. The summed E-state index contributed by atoms with van der Waals surface area (Å²) >= 11 is 0. The van der Waals surface area contributed by atoms with Crippen molar-refractivity contribution in [1.82, 2.24) is 15.2 Å². The molecule has 2 rings (SSSR count). The van der Waals surface area contributed by atoms with E-state index < -0.39 is 11.7 Å². The Bertz CT molecular complexity index is 621. The first-order valence-corrected chi connectivity index (χ1v) is 5.32. The van der Waals surface area contributed by atoms with E-state index in [1.165, 1.54) is 12.4 Å². The molecule has 0 aromatic carbocycles. The van der Waals surface area contributed by atoms with Gasteiger partial charge in [-0.15, -0.1) is 0 Å². The number of nitrogens with zero attached hydrogens (tertiary/aromatic N) is 1. The second-order valence-electron chi connectivity index (χ2n) is 4.06. The molecule has 0 aliphatic rings. The molecule has 0 bridgehead atoms. The van der Waals surface area contributed by atoms with Crippen LogP contribution in [0.4, 0.5) is 24.7 Å². The molecule has 19 heavy (non-hydrogen) atoms. The van der Waals surface area contributed by atoms with E-state index in [0.717, 1.165) is 13.0 Å². The zero-order valence-electron chi connectivity index (χ0n) is 9.97. The molecule has 102 valence electrons. The zero-order chi connectivity index (χ0) is 14.2. The van der Waals surface area contributed by atoms with Crippen molar-refractivity contribution in [2.75, 3.05) is 11.5 Å². The van der Waals surface area contributed by atoms with Gasteiger partial charge < -0.3 is 16.5 Å². The smallest absolute Gasteiger partial charge is 0.396 e. The molecule has 5 nitrogen and oxygen atoms in total.